The van der Waals surface area contributed by atoms with Crippen LogP contribution in [0.2, 0.25) is 0 Å². The van der Waals surface area contributed by atoms with Gasteiger partial charge in [0, 0.05) is 0 Å². The van der Waals surface area contributed by atoms with Gasteiger partial charge in [0.2, 0.25) is 0 Å². The molecule has 1 heteroatoms. The van der Waals surface area contributed by atoms with Crippen molar-refractivity contribution >= 4 is 0 Å². The van der Waals surface area contributed by atoms with Gasteiger partial charge < -0.3 is 5.11 Å². The van der Waals surface area contributed by atoms with Gasteiger partial charge in [0.15, 0.2) is 0 Å². The Morgan fingerprint density at radius 2 is 1.67 bits per heavy atom. The van der Waals surface area contributed by atoms with Crippen LogP contribution >= 0.6 is 0 Å². The molecule has 1 aliphatic carbocycles. The van der Waals surface area contributed by atoms with E-state index in [1.165, 1.54) is 5.56 Å². The van der Waals surface area contributed by atoms with Gasteiger partial charge in [-0.15, -0.1) is 0 Å². The topological polar surface area (TPSA) is 20.2 Å². The molecule has 1 N–H and O–H groups in total. The van der Waals surface area contributed by atoms with Crippen LogP contribution in [0.4, 0.5) is 0 Å². The average molecular weight is 238 g/mol. The molecule has 3 rings (SSSR count). The molecule has 0 aromatic heterocycles. The van der Waals surface area contributed by atoms with Crippen molar-refractivity contribution in [1.82, 2.24) is 0 Å². The Hall–Kier alpha value is -1.60. The summed E-state index contributed by atoms with van der Waals surface area (Å²) in [5.41, 5.74) is 2.55. The normalized spacial score (nSPS) is 26.7. The van der Waals surface area contributed by atoms with Crippen LogP contribution in [-0.2, 0) is 5.60 Å². The Labute approximate surface area is 108 Å². The summed E-state index contributed by atoms with van der Waals surface area (Å²) in [4.78, 5) is 0. The first-order valence-corrected chi connectivity index (χ1v) is 6.59. The van der Waals surface area contributed by atoms with Gasteiger partial charge in [-0.05, 0) is 35.4 Å². The van der Waals surface area contributed by atoms with E-state index in [2.05, 4.69) is 25.1 Å². The third kappa shape index (κ3) is 1.67. The number of aliphatic hydroxyl groups is 1. The summed E-state index contributed by atoms with van der Waals surface area (Å²) in [6.45, 7) is 2.24. The van der Waals surface area contributed by atoms with Crippen LogP contribution in [0.15, 0.2) is 54.6 Å². The molecule has 0 spiro atoms. The molecule has 2 aromatic rings. The number of benzene rings is 2. The lowest BCUT2D eigenvalue weighted by Crippen LogP contribution is -2.32. The smallest absolute Gasteiger partial charge is 0.115 e. The predicted molar refractivity (Wildman–Crippen MR) is 73.5 cm³/mol. The van der Waals surface area contributed by atoms with E-state index in [-0.39, 0.29) is 0 Å². The zero-order chi connectivity index (χ0) is 12.6. The SMILES string of the molecule is CC1CCC(O)(c2ccccc2)c2ccccc21. The van der Waals surface area contributed by atoms with Gasteiger partial charge in [0.1, 0.15) is 5.60 Å². The van der Waals surface area contributed by atoms with E-state index in [1.807, 2.05) is 36.4 Å². The zero-order valence-electron chi connectivity index (χ0n) is 10.6. The van der Waals surface area contributed by atoms with Crippen molar-refractivity contribution in [2.75, 3.05) is 0 Å². The third-order valence-corrected chi connectivity index (χ3v) is 4.13. The number of rotatable bonds is 1. The number of fused-ring (bicyclic) bond motifs is 1. The summed E-state index contributed by atoms with van der Waals surface area (Å²) >= 11 is 0. The molecule has 0 aliphatic heterocycles. The van der Waals surface area contributed by atoms with Crippen molar-refractivity contribution in [3.8, 4) is 0 Å². The minimum Gasteiger partial charge on any atom is -0.380 e. The molecule has 0 fully saturated rings. The van der Waals surface area contributed by atoms with E-state index in [0.717, 1.165) is 24.0 Å². The summed E-state index contributed by atoms with van der Waals surface area (Å²) in [5.74, 6) is 0.533. The van der Waals surface area contributed by atoms with Gasteiger partial charge >= 0.3 is 0 Å². The van der Waals surface area contributed by atoms with Gasteiger partial charge in [-0.3, -0.25) is 0 Å². The molecule has 1 nitrogen and oxygen atoms in total. The highest BCUT2D eigenvalue weighted by Gasteiger charge is 2.37. The van der Waals surface area contributed by atoms with Gasteiger partial charge in [0.05, 0.1) is 0 Å². The number of hydrogen-bond acceptors (Lipinski definition) is 1. The highest BCUT2D eigenvalue weighted by molar-refractivity contribution is 5.44. The van der Waals surface area contributed by atoms with Crippen LogP contribution in [-0.4, -0.2) is 5.11 Å². The second-order valence-electron chi connectivity index (χ2n) is 5.25. The monoisotopic (exact) mass is 238 g/mol. The van der Waals surface area contributed by atoms with Crippen LogP contribution in [0.1, 0.15) is 42.4 Å². The molecule has 2 unspecified atom stereocenters. The minimum absolute atomic E-state index is 0.533. The molecule has 0 bridgehead atoms. The maximum atomic E-state index is 11.1. The summed E-state index contributed by atoms with van der Waals surface area (Å²) in [7, 11) is 0. The lowest BCUT2D eigenvalue weighted by Gasteiger charge is -2.37. The first-order chi connectivity index (χ1) is 8.72. The van der Waals surface area contributed by atoms with Gasteiger partial charge in [-0.1, -0.05) is 61.5 Å². The van der Waals surface area contributed by atoms with E-state index < -0.39 is 5.60 Å². The van der Waals surface area contributed by atoms with E-state index in [0.29, 0.717) is 5.92 Å². The predicted octanol–water partition coefficient (Wildman–Crippen LogP) is 3.82. The van der Waals surface area contributed by atoms with Crippen LogP contribution in [0.3, 0.4) is 0 Å². The highest BCUT2D eigenvalue weighted by atomic mass is 16.3. The molecule has 2 aromatic carbocycles. The fourth-order valence-electron chi connectivity index (χ4n) is 3.03. The van der Waals surface area contributed by atoms with Gasteiger partial charge in [-0.2, -0.15) is 0 Å². The fourth-order valence-corrected chi connectivity index (χ4v) is 3.03. The molecule has 0 saturated carbocycles. The van der Waals surface area contributed by atoms with Crippen LogP contribution in [0, 0.1) is 0 Å². The second-order valence-corrected chi connectivity index (χ2v) is 5.25. The Morgan fingerprint density at radius 1 is 1.00 bits per heavy atom. The van der Waals surface area contributed by atoms with Gasteiger partial charge in [0.25, 0.3) is 0 Å². The Morgan fingerprint density at radius 3 is 2.44 bits per heavy atom. The van der Waals surface area contributed by atoms with Crippen molar-refractivity contribution < 1.29 is 5.11 Å². The fraction of sp³-hybridized carbons (Fsp3) is 0.294. The molecule has 18 heavy (non-hydrogen) atoms. The molecule has 92 valence electrons. The molecule has 0 heterocycles. The molecule has 2 atom stereocenters. The maximum absolute atomic E-state index is 11.1. The average Bonchev–Trinajstić information content (AvgIpc) is 2.44. The van der Waals surface area contributed by atoms with Gasteiger partial charge in [-0.25, -0.2) is 0 Å². The zero-order valence-corrected chi connectivity index (χ0v) is 10.6. The third-order valence-electron chi connectivity index (χ3n) is 4.13. The summed E-state index contributed by atoms with van der Waals surface area (Å²) in [5, 5.41) is 11.1. The van der Waals surface area contributed by atoms with Crippen molar-refractivity contribution in [3.63, 3.8) is 0 Å². The van der Waals surface area contributed by atoms with Crippen molar-refractivity contribution in [2.45, 2.75) is 31.3 Å². The minimum atomic E-state index is -0.815. The lowest BCUT2D eigenvalue weighted by atomic mass is 9.71. The summed E-state index contributed by atoms with van der Waals surface area (Å²) in [6.07, 6.45) is 1.83. The van der Waals surface area contributed by atoms with Crippen molar-refractivity contribution in [3.05, 3.63) is 71.3 Å². The van der Waals surface area contributed by atoms with Crippen LogP contribution < -0.4 is 0 Å². The lowest BCUT2D eigenvalue weighted by molar-refractivity contribution is 0.0579. The summed E-state index contributed by atoms with van der Waals surface area (Å²) < 4.78 is 0. The van der Waals surface area contributed by atoms with E-state index in [4.69, 9.17) is 0 Å². The second kappa shape index (κ2) is 4.25. The maximum Gasteiger partial charge on any atom is 0.115 e. The first-order valence-electron chi connectivity index (χ1n) is 6.59. The molecular formula is C17H18O. The quantitative estimate of drug-likeness (QED) is 0.800. The molecule has 1 aliphatic rings. The largest absolute Gasteiger partial charge is 0.380 e. The van der Waals surface area contributed by atoms with Crippen molar-refractivity contribution in [2.24, 2.45) is 0 Å². The Kier molecular flexibility index (Phi) is 2.71. The molecule has 0 radical (unpaired) electrons. The van der Waals surface area contributed by atoms with E-state index >= 15 is 0 Å². The van der Waals surface area contributed by atoms with Crippen LogP contribution in [0.25, 0.3) is 0 Å². The summed E-state index contributed by atoms with van der Waals surface area (Å²) in [6, 6.07) is 18.3. The van der Waals surface area contributed by atoms with Crippen LogP contribution in [0.5, 0.6) is 0 Å². The molecule has 0 saturated heterocycles. The molecular weight excluding hydrogens is 220 g/mol. The standard InChI is InChI=1S/C17H18O/c1-13-11-12-17(18,14-7-3-2-4-8-14)16-10-6-5-9-15(13)16/h2-10,13,18H,11-12H2,1H3. The molecule has 0 amide bonds. The van der Waals surface area contributed by atoms with Crippen molar-refractivity contribution in [1.29, 1.82) is 0 Å². The highest BCUT2D eigenvalue weighted by Crippen LogP contribution is 2.44. The van der Waals surface area contributed by atoms with E-state index in [1.54, 1.807) is 0 Å². The first kappa shape index (κ1) is 11.5. The Balaban J connectivity index is 2.17. The number of hydrogen-bond donors (Lipinski definition) is 1. The van der Waals surface area contributed by atoms with E-state index in [9.17, 15) is 5.11 Å². The Bertz CT molecular complexity index is 547.